The minimum atomic E-state index is -1.17. The van der Waals surface area contributed by atoms with Gasteiger partial charge in [0.15, 0.2) is 0 Å². The highest BCUT2D eigenvalue weighted by molar-refractivity contribution is 5.82. The number of carbonyl (C=O) groups is 3. The summed E-state index contributed by atoms with van der Waals surface area (Å²) < 4.78 is 10.3. The second-order valence-corrected chi connectivity index (χ2v) is 7.41. The van der Waals surface area contributed by atoms with Crippen LogP contribution in [0.4, 0.5) is 4.79 Å². The molecule has 0 aliphatic carbocycles. The number of rotatable bonds is 6. The number of hydrogen-bond acceptors (Lipinski definition) is 5. The number of nitrogens with one attached hydrogen (secondary N) is 1. The third kappa shape index (κ3) is 9.72. The van der Waals surface area contributed by atoms with Crippen molar-refractivity contribution in [3.8, 4) is 12.3 Å². The smallest absolute Gasteiger partial charge is 0.408 e. The number of ether oxygens (including phenoxy) is 2. The van der Waals surface area contributed by atoms with Crippen molar-refractivity contribution in [3.05, 3.63) is 0 Å². The van der Waals surface area contributed by atoms with Gasteiger partial charge in [0.05, 0.1) is 5.92 Å². The van der Waals surface area contributed by atoms with Crippen molar-refractivity contribution < 1.29 is 29.0 Å². The van der Waals surface area contributed by atoms with E-state index in [-0.39, 0.29) is 12.8 Å². The Hall–Kier alpha value is -2.23. The normalized spacial score (nSPS) is 14.0. The maximum absolute atomic E-state index is 12.3. The van der Waals surface area contributed by atoms with E-state index in [0.29, 0.717) is 0 Å². The number of hydrogen-bond donors (Lipinski definition) is 2. The minimum absolute atomic E-state index is 0.0649. The molecule has 1 amide bonds. The fraction of sp³-hybridized carbons (Fsp3) is 0.706. The predicted molar refractivity (Wildman–Crippen MR) is 88.2 cm³/mol. The summed E-state index contributed by atoms with van der Waals surface area (Å²) in [7, 11) is 0. The molecule has 7 heteroatoms. The minimum Gasteiger partial charge on any atom is -0.481 e. The van der Waals surface area contributed by atoms with E-state index in [1.54, 1.807) is 41.5 Å². The molecule has 0 heterocycles. The molecule has 0 aliphatic rings. The fourth-order valence-electron chi connectivity index (χ4n) is 1.74. The molecule has 0 spiro atoms. The Kier molecular flexibility index (Phi) is 7.78. The first-order chi connectivity index (χ1) is 10.7. The lowest BCUT2D eigenvalue weighted by Gasteiger charge is -2.27. The van der Waals surface area contributed by atoms with E-state index in [2.05, 4.69) is 11.2 Å². The lowest BCUT2D eigenvalue weighted by atomic mass is 9.96. The molecule has 136 valence electrons. The molecule has 7 nitrogen and oxygen atoms in total. The molecule has 0 aliphatic heterocycles. The van der Waals surface area contributed by atoms with Crippen molar-refractivity contribution >= 4 is 18.0 Å². The quantitative estimate of drug-likeness (QED) is 0.568. The molecule has 24 heavy (non-hydrogen) atoms. The third-order valence-corrected chi connectivity index (χ3v) is 2.62. The summed E-state index contributed by atoms with van der Waals surface area (Å²) in [6, 6.07) is -1.17. The van der Waals surface area contributed by atoms with Crippen molar-refractivity contribution in [2.45, 2.75) is 71.6 Å². The first kappa shape index (κ1) is 21.8. The van der Waals surface area contributed by atoms with E-state index >= 15 is 0 Å². The van der Waals surface area contributed by atoms with Crippen molar-refractivity contribution in [1.82, 2.24) is 5.32 Å². The van der Waals surface area contributed by atoms with Gasteiger partial charge < -0.3 is 19.9 Å². The van der Waals surface area contributed by atoms with Gasteiger partial charge in [-0.15, -0.1) is 12.3 Å². The topological polar surface area (TPSA) is 102 Å². The SMILES string of the molecule is C#CC[C@@H](C[C@H](NC(=O)OC(C)(C)C)C(=O)OC(C)(C)C)C(=O)O. The first-order valence-electron chi connectivity index (χ1n) is 7.64. The van der Waals surface area contributed by atoms with Gasteiger partial charge in [0.2, 0.25) is 0 Å². The van der Waals surface area contributed by atoms with Gasteiger partial charge in [-0.3, -0.25) is 4.79 Å². The lowest BCUT2D eigenvalue weighted by molar-refractivity contribution is -0.158. The van der Waals surface area contributed by atoms with Crippen LogP contribution in [-0.4, -0.2) is 40.4 Å². The Balaban J connectivity index is 5.21. The number of aliphatic carboxylic acids is 1. The molecule has 2 atom stereocenters. The van der Waals surface area contributed by atoms with Crippen LogP contribution in [0.5, 0.6) is 0 Å². The van der Waals surface area contributed by atoms with Crippen LogP contribution in [0.3, 0.4) is 0 Å². The highest BCUT2D eigenvalue weighted by atomic mass is 16.6. The van der Waals surface area contributed by atoms with Gasteiger partial charge in [0.25, 0.3) is 0 Å². The molecule has 0 aromatic heterocycles. The number of amides is 1. The maximum Gasteiger partial charge on any atom is 0.408 e. The molecule has 0 fully saturated rings. The Morgan fingerprint density at radius 3 is 1.96 bits per heavy atom. The van der Waals surface area contributed by atoms with Crippen LogP contribution >= 0.6 is 0 Å². The van der Waals surface area contributed by atoms with Crippen LogP contribution in [-0.2, 0) is 19.1 Å². The first-order valence-corrected chi connectivity index (χ1v) is 7.64. The lowest BCUT2D eigenvalue weighted by Crippen LogP contribution is -2.47. The van der Waals surface area contributed by atoms with Gasteiger partial charge in [-0.05, 0) is 48.0 Å². The second-order valence-electron chi connectivity index (χ2n) is 7.41. The van der Waals surface area contributed by atoms with E-state index in [9.17, 15) is 19.5 Å². The van der Waals surface area contributed by atoms with Crippen LogP contribution in [0, 0.1) is 18.3 Å². The Morgan fingerprint density at radius 2 is 1.58 bits per heavy atom. The van der Waals surface area contributed by atoms with Crippen LogP contribution in [0.2, 0.25) is 0 Å². The average molecular weight is 341 g/mol. The van der Waals surface area contributed by atoms with E-state index in [1.165, 1.54) is 0 Å². The number of esters is 1. The zero-order chi connectivity index (χ0) is 19.1. The number of carboxylic acids is 1. The van der Waals surface area contributed by atoms with Crippen molar-refractivity contribution in [3.63, 3.8) is 0 Å². The molecule has 0 saturated carbocycles. The Morgan fingerprint density at radius 1 is 1.08 bits per heavy atom. The molecule has 0 saturated heterocycles. The zero-order valence-electron chi connectivity index (χ0n) is 15.1. The van der Waals surface area contributed by atoms with Gasteiger partial charge >= 0.3 is 18.0 Å². The highest BCUT2D eigenvalue weighted by Crippen LogP contribution is 2.17. The Bertz CT molecular complexity index is 507. The summed E-state index contributed by atoms with van der Waals surface area (Å²) in [5.41, 5.74) is -1.54. The van der Waals surface area contributed by atoms with Crippen LogP contribution in [0.1, 0.15) is 54.4 Å². The molecular formula is C17H27NO6. The summed E-state index contributed by atoms with van der Waals surface area (Å²) in [4.78, 5) is 35.5. The molecule has 0 radical (unpaired) electrons. The maximum atomic E-state index is 12.3. The van der Waals surface area contributed by atoms with Crippen LogP contribution in [0.15, 0.2) is 0 Å². The second kappa shape index (κ2) is 8.57. The summed E-state index contributed by atoms with van der Waals surface area (Å²) in [5, 5.41) is 11.6. The summed E-state index contributed by atoms with van der Waals surface area (Å²) in [6.45, 7) is 10.0. The van der Waals surface area contributed by atoms with Crippen LogP contribution in [0.25, 0.3) is 0 Å². The van der Waals surface area contributed by atoms with Gasteiger partial charge in [-0.25, -0.2) is 9.59 Å². The average Bonchev–Trinajstić information content (AvgIpc) is 2.32. The van der Waals surface area contributed by atoms with E-state index in [0.717, 1.165) is 0 Å². The van der Waals surface area contributed by atoms with E-state index < -0.39 is 41.2 Å². The van der Waals surface area contributed by atoms with Gasteiger partial charge in [0, 0.05) is 6.42 Å². The third-order valence-electron chi connectivity index (χ3n) is 2.62. The van der Waals surface area contributed by atoms with Gasteiger partial charge in [0.1, 0.15) is 17.2 Å². The van der Waals surface area contributed by atoms with Crippen molar-refractivity contribution in [2.24, 2.45) is 5.92 Å². The highest BCUT2D eigenvalue weighted by Gasteiger charge is 2.32. The van der Waals surface area contributed by atoms with E-state index in [4.69, 9.17) is 15.9 Å². The standard InChI is InChI=1S/C17H27NO6/c1-8-9-11(13(19)20)10-12(14(21)23-16(2,3)4)18-15(22)24-17(5,6)7/h1,11-12H,9-10H2,2-7H3,(H,18,22)(H,19,20)/t11-,12-/m0/s1. The number of alkyl carbamates (subject to hydrolysis) is 1. The number of carboxylic acid groups (broad SMARTS) is 1. The van der Waals surface area contributed by atoms with Gasteiger partial charge in [-0.2, -0.15) is 0 Å². The molecule has 0 unspecified atom stereocenters. The summed E-state index contributed by atoms with van der Waals surface area (Å²) in [5.74, 6) is -0.613. The molecule has 0 aromatic rings. The van der Waals surface area contributed by atoms with Crippen molar-refractivity contribution in [2.75, 3.05) is 0 Å². The zero-order valence-corrected chi connectivity index (χ0v) is 15.1. The van der Waals surface area contributed by atoms with Crippen molar-refractivity contribution in [1.29, 1.82) is 0 Å². The fourth-order valence-corrected chi connectivity index (χ4v) is 1.74. The predicted octanol–water partition coefficient (Wildman–Crippen LogP) is 2.34. The summed E-state index contributed by atoms with van der Waals surface area (Å²) in [6.07, 6.45) is 4.08. The molecule has 0 rings (SSSR count). The number of terminal acetylenes is 1. The van der Waals surface area contributed by atoms with Crippen LogP contribution < -0.4 is 5.32 Å². The molecule has 0 aromatic carbocycles. The molecular weight excluding hydrogens is 314 g/mol. The Labute approximate surface area is 143 Å². The summed E-state index contributed by atoms with van der Waals surface area (Å²) >= 11 is 0. The molecule has 0 bridgehead atoms. The number of carbonyl (C=O) groups excluding carboxylic acids is 2. The monoisotopic (exact) mass is 341 g/mol. The van der Waals surface area contributed by atoms with E-state index in [1.807, 2.05) is 0 Å². The largest absolute Gasteiger partial charge is 0.481 e. The molecule has 2 N–H and O–H groups in total. The van der Waals surface area contributed by atoms with Gasteiger partial charge in [-0.1, -0.05) is 0 Å².